The molecule has 148 valence electrons. The summed E-state index contributed by atoms with van der Waals surface area (Å²) in [6, 6.07) is 16.6. The normalized spacial score (nSPS) is 21.0. The van der Waals surface area contributed by atoms with Crippen LogP contribution in [-0.2, 0) is 10.0 Å². The molecule has 1 unspecified atom stereocenters. The number of nitrogens with zero attached hydrogens (tertiary/aromatic N) is 2. The second kappa shape index (κ2) is 7.06. The zero-order valence-electron chi connectivity index (χ0n) is 15.4. The molecule has 0 spiro atoms. The fraction of sp³-hybridized carbons (Fsp3) is 0.143. The predicted octanol–water partition coefficient (Wildman–Crippen LogP) is 4.53. The van der Waals surface area contributed by atoms with Gasteiger partial charge >= 0.3 is 0 Å². The lowest BCUT2D eigenvalue weighted by Crippen LogP contribution is -2.14. The first kappa shape index (κ1) is 19.2. The zero-order chi connectivity index (χ0) is 20.8. The Bertz CT molecular complexity index is 1180. The second-order valence-corrected chi connectivity index (χ2v) is 8.75. The lowest BCUT2D eigenvalue weighted by Gasteiger charge is -2.08. The lowest BCUT2D eigenvalue weighted by molar-refractivity contribution is -0.385. The molecule has 0 aliphatic carbocycles. The molecule has 1 aliphatic heterocycles. The second-order valence-electron chi connectivity index (χ2n) is 6.91. The van der Waals surface area contributed by atoms with Crippen LogP contribution in [0.3, 0.4) is 0 Å². The maximum Gasteiger partial charge on any atom is 0.274 e. The van der Waals surface area contributed by atoms with E-state index in [9.17, 15) is 22.9 Å². The van der Waals surface area contributed by atoms with Gasteiger partial charge < -0.3 is 0 Å². The standard InChI is InChI=1S/C21H17FN2O4S/c1-14-6-12-17(13-7-14)29(27,28)23-20(15-8-10-16(22)11-9-15)21(23)18-4-2-3-5-19(18)24(25)26/h2-13,20-21H,1H3/t20-,21-,23?/m1/s1. The summed E-state index contributed by atoms with van der Waals surface area (Å²) in [7, 11) is -3.91. The third-order valence-electron chi connectivity index (χ3n) is 5.02. The van der Waals surface area contributed by atoms with Gasteiger partial charge in [-0.25, -0.2) is 12.8 Å². The Kier molecular flexibility index (Phi) is 4.68. The first-order valence-electron chi connectivity index (χ1n) is 8.89. The molecule has 0 saturated carbocycles. The van der Waals surface area contributed by atoms with Gasteiger partial charge in [-0.2, -0.15) is 4.31 Å². The van der Waals surface area contributed by atoms with Crippen molar-refractivity contribution in [2.75, 3.05) is 0 Å². The summed E-state index contributed by atoms with van der Waals surface area (Å²) in [5.41, 5.74) is 1.65. The van der Waals surface area contributed by atoms with E-state index in [0.717, 1.165) is 5.56 Å². The molecule has 0 N–H and O–H groups in total. The molecule has 8 heteroatoms. The highest BCUT2D eigenvalue weighted by molar-refractivity contribution is 7.89. The average Bonchev–Trinajstić information content (AvgIpc) is 3.45. The van der Waals surface area contributed by atoms with Crippen molar-refractivity contribution < 1.29 is 17.7 Å². The van der Waals surface area contributed by atoms with E-state index in [2.05, 4.69) is 0 Å². The van der Waals surface area contributed by atoms with Gasteiger partial charge in [-0.1, -0.05) is 48.0 Å². The summed E-state index contributed by atoms with van der Waals surface area (Å²) >= 11 is 0. The molecule has 0 radical (unpaired) electrons. The SMILES string of the molecule is Cc1ccc(S(=O)(=O)N2[C@H](c3ccc(F)cc3)[C@H]2c2ccccc2[N+](=O)[O-])cc1. The van der Waals surface area contributed by atoms with Gasteiger partial charge in [0.25, 0.3) is 5.69 Å². The van der Waals surface area contributed by atoms with Crippen molar-refractivity contribution >= 4 is 15.7 Å². The highest BCUT2D eigenvalue weighted by Gasteiger charge is 2.58. The van der Waals surface area contributed by atoms with Gasteiger partial charge in [0.2, 0.25) is 10.0 Å². The molecule has 1 aliphatic rings. The summed E-state index contributed by atoms with van der Waals surface area (Å²) in [5.74, 6) is -0.440. The summed E-state index contributed by atoms with van der Waals surface area (Å²) in [4.78, 5) is 11.1. The van der Waals surface area contributed by atoms with Crippen LogP contribution in [0.5, 0.6) is 0 Å². The van der Waals surface area contributed by atoms with Crippen molar-refractivity contribution in [2.45, 2.75) is 23.9 Å². The Hall–Kier alpha value is -3.10. The fourth-order valence-electron chi connectivity index (χ4n) is 3.54. The molecule has 3 aromatic carbocycles. The average molecular weight is 412 g/mol. The number of benzene rings is 3. The predicted molar refractivity (Wildman–Crippen MR) is 105 cm³/mol. The number of hydrogen-bond donors (Lipinski definition) is 0. The molecule has 0 amide bonds. The van der Waals surface area contributed by atoms with Crippen molar-refractivity contribution in [1.29, 1.82) is 0 Å². The minimum atomic E-state index is -3.91. The van der Waals surface area contributed by atoms with Crippen LogP contribution < -0.4 is 0 Å². The largest absolute Gasteiger partial charge is 0.274 e. The number of para-hydroxylation sites is 1. The zero-order valence-corrected chi connectivity index (χ0v) is 16.2. The van der Waals surface area contributed by atoms with Gasteiger partial charge in [0.1, 0.15) is 5.82 Å². The summed E-state index contributed by atoms with van der Waals surface area (Å²) in [5, 5.41) is 11.5. The first-order chi connectivity index (χ1) is 13.8. The quantitative estimate of drug-likeness (QED) is 0.350. The van der Waals surface area contributed by atoms with Gasteiger partial charge in [-0.3, -0.25) is 10.1 Å². The number of sulfonamides is 1. The summed E-state index contributed by atoms with van der Waals surface area (Å²) in [6.45, 7) is 1.85. The van der Waals surface area contributed by atoms with E-state index in [1.807, 2.05) is 6.92 Å². The van der Waals surface area contributed by atoms with Gasteiger partial charge in [-0.05, 0) is 36.8 Å². The van der Waals surface area contributed by atoms with Crippen molar-refractivity contribution in [1.82, 2.24) is 4.31 Å². The van der Waals surface area contributed by atoms with E-state index in [4.69, 9.17) is 0 Å². The Morgan fingerprint density at radius 1 is 0.931 bits per heavy atom. The lowest BCUT2D eigenvalue weighted by atomic mass is 10.0. The summed E-state index contributed by atoms with van der Waals surface area (Å²) < 4.78 is 41.2. The van der Waals surface area contributed by atoms with Crippen molar-refractivity contribution in [2.24, 2.45) is 0 Å². The smallest absolute Gasteiger partial charge is 0.258 e. The van der Waals surface area contributed by atoms with Crippen LogP contribution in [0.4, 0.5) is 10.1 Å². The van der Waals surface area contributed by atoms with Crippen LogP contribution in [0.2, 0.25) is 0 Å². The van der Waals surface area contributed by atoms with Crippen LogP contribution in [0.1, 0.15) is 28.8 Å². The third-order valence-corrected chi connectivity index (χ3v) is 6.89. The van der Waals surface area contributed by atoms with E-state index in [-0.39, 0.29) is 10.6 Å². The van der Waals surface area contributed by atoms with E-state index in [0.29, 0.717) is 11.1 Å². The van der Waals surface area contributed by atoms with Crippen LogP contribution in [0.15, 0.2) is 77.7 Å². The van der Waals surface area contributed by atoms with Crippen molar-refractivity contribution in [3.8, 4) is 0 Å². The molecular formula is C21H17FN2O4S. The topological polar surface area (TPSA) is 80.3 Å². The van der Waals surface area contributed by atoms with E-state index < -0.39 is 32.8 Å². The maximum atomic E-state index is 13.4. The molecule has 1 saturated heterocycles. The number of rotatable bonds is 5. The fourth-order valence-corrected chi connectivity index (χ4v) is 5.28. The first-order valence-corrected chi connectivity index (χ1v) is 10.3. The van der Waals surface area contributed by atoms with Gasteiger partial charge in [0, 0.05) is 6.07 Å². The molecule has 0 aromatic heterocycles. The molecule has 29 heavy (non-hydrogen) atoms. The van der Waals surface area contributed by atoms with Crippen LogP contribution in [0, 0.1) is 22.9 Å². The van der Waals surface area contributed by atoms with Gasteiger partial charge in [-0.15, -0.1) is 0 Å². The Morgan fingerprint density at radius 2 is 1.55 bits per heavy atom. The van der Waals surface area contributed by atoms with Gasteiger partial charge in [0.05, 0.1) is 27.5 Å². The summed E-state index contributed by atoms with van der Waals surface area (Å²) in [6.07, 6.45) is 0. The number of hydrogen-bond acceptors (Lipinski definition) is 4. The molecule has 6 nitrogen and oxygen atoms in total. The molecule has 1 heterocycles. The highest BCUT2D eigenvalue weighted by atomic mass is 32.2. The van der Waals surface area contributed by atoms with Crippen LogP contribution in [-0.4, -0.2) is 17.6 Å². The molecule has 3 aromatic rings. The Balaban J connectivity index is 1.83. The third kappa shape index (κ3) is 3.41. The number of nitro benzene ring substituents is 1. The monoisotopic (exact) mass is 412 g/mol. The van der Waals surface area contributed by atoms with Crippen molar-refractivity contribution in [3.05, 3.63) is 105 Å². The maximum absolute atomic E-state index is 13.4. The molecule has 0 bridgehead atoms. The van der Waals surface area contributed by atoms with Crippen LogP contribution >= 0.6 is 0 Å². The highest BCUT2D eigenvalue weighted by Crippen LogP contribution is 2.59. The number of aryl methyl sites for hydroxylation is 1. The molecular weight excluding hydrogens is 395 g/mol. The Labute approximate surface area is 167 Å². The van der Waals surface area contributed by atoms with Crippen LogP contribution in [0.25, 0.3) is 0 Å². The minimum absolute atomic E-state index is 0.108. The van der Waals surface area contributed by atoms with E-state index >= 15 is 0 Å². The molecule has 1 fully saturated rings. The minimum Gasteiger partial charge on any atom is -0.258 e. The van der Waals surface area contributed by atoms with E-state index in [1.165, 1.54) is 52.8 Å². The van der Waals surface area contributed by atoms with Gasteiger partial charge in [0.15, 0.2) is 0 Å². The number of halogens is 1. The molecule has 4 rings (SSSR count). The van der Waals surface area contributed by atoms with E-state index in [1.54, 1.807) is 24.3 Å². The number of nitro groups is 1. The molecule has 3 atom stereocenters. The Morgan fingerprint density at radius 3 is 2.17 bits per heavy atom. The van der Waals surface area contributed by atoms with Crippen molar-refractivity contribution in [3.63, 3.8) is 0 Å².